The summed E-state index contributed by atoms with van der Waals surface area (Å²) in [5.74, 6) is -0.712. The molecule has 0 atom stereocenters. The van der Waals surface area contributed by atoms with Gasteiger partial charge in [-0.3, -0.25) is 13.9 Å². The van der Waals surface area contributed by atoms with E-state index in [-0.39, 0.29) is 13.0 Å². The van der Waals surface area contributed by atoms with E-state index in [0.29, 0.717) is 4.90 Å². The van der Waals surface area contributed by atoms with Gasteiger partial charge < -0.3 is 24.5 Å². The van der Waals surface area contributed by atoms with Crippen molar-refractivity contribution in [2.24, 2.45) is 0 Å². The number of nitrogens with zero attached hydrogens (tertiary/aromatic N) is 1. The summed E-state index contributed by atoms with van der Waals surface area (Å²) in [5, 5.41) is -2.74. The smallest absolute Gasteiger partial charge is 0.322 e. The highest BCUT2D eigenvalue weighted by atomic mass is 31.2. The summed E-state index contributed by atoms with van der Waals surface area (Å²) in [7, 11) is -10.4. The lowest BCUT2D eigenvalue weighted by molar-refractivity contribution is -0.128. The van der Waals surface area contributed by atoms with Crippen molar-refractivity contribution in [1.82, 2.24) is 4.90 Å². The monoisotopic (exact) mass is 285 g/mol. The van der Waals surface area contributed by atoms with Gasteiger partial charge in [-0.2, -0.15) is 0 Å². The van der Waals surface area contributed by atoms with Gasteiger partial charge in [0, 0.05) is 19.4 Å². The molecule has 0 aromatic rings. The van der Waals surface area contributed by atoms with Crippen LogP contribution in [0, 0.1) is 0 Å². The number of carbonyl (C=O) groups excluding carboxylic acids is 1. The van der Waals surface area contributed by atoms with E-state index >= 15 is 0 Å². The van der Waals surface area contributed by atoms with E-state index in [1.807, 2.05) is 0 Å². The minimum atomic E-state index is -5.19. The molecule has 1 saturated heterocycles. The summed E-state index contributed by atoms with van der Waals surface area (Å²) in [4.78, 5) is 48.8. The average Bonchev–Trinajstić information content (AvgIpc) is 2.43. The highest BCUT2D eigenvalue weighted by molar-refractivity contribution is 7.72. The van der Waals surface area contributed by atoms with E-state index < -0.39 is 32.5 Å². The van der Waals surface area contributed by atoms with Crippen molar-refractivity contribution in [2.75, 3.05) is 6.54 Å². The molecule has 17 heavy (non-hydrogen) atoms. The highest BCUT2D eigenvalue weighted by Crippen LogP contribution is 2.73. The van der Waals surface area contributed by atoms with E-state index in [2.05, 4.69) is 6.58 Å². The lowest BCUT2D eigenvalue weighted by atomic mass is 10.4. The first kappa shape index (κ1) is 14.6. The Hall–Kier alpha value is -0.490. The lowest BCUT2D eigenvalue weighted by Crippen LogP contribution is -2.45. The lowest BCUT2D eigenvalue weighted by Gasteiger charge is -2.37. The first-order chi connectivity index (χ1) is 7.58. The average molecular weight is 285 g/mol. The number of likely N-dealkylation sites (tertiary alicyclic amines) is 1. The molecule has 1 heterocycles. The van der Waals surface area contributed by atoms with Crippen LogP contribution >= 0.6 is 15.2 Å². The van der Waals surface area contributed by atoms with Crippen molar-refractivity contribution in [3.05, 3.63) is 12.7 Å². The Morgan fingerprint density at radius 2 is 1.76 bits per heavy atom. The molecule has 8 nitrogen and oxygen atoms in total. The highest BCUT2D eigenvalue weighted by Gasteiger charge is 2.67. The molecule has 10 heteroatoms. The zero-order valence-electron chi connectivity index (χ0n) is 8.76. The molecule has 4 N–H and O–H groups in total. The molecule has 1 aliphatic heterocycles. The summed E-state index contributed by atoms with van der Waals surface area (Å²) in [6.07, 6.45) is 0.265. The van der Waals surface area contributed by atoms with Crippen LogP contribution in [0.2, 0.25) is 0 Å². The van der Waals surface area contributed by atoms with Crippen molar-refractivity contribution >= 4 is 21.1 Å². The van der Waals surface area contributed by atoms with E-state index in [9.17, 15) is 33.5 Å². The standard InChI is InChI=1S/C7H13NO7P2/c1-2-5-8-6(9)3-4-7(8,16(10,11)12)17(13,14)15/h2H,1,3-5H2,(H2,10,11,12)(H2,13,14,15). The Morgan fingerprint density at radius 1 is 1.29 bits per heavy atom. The van der Waals surface area contributed by atoms with E-state index in [0.717, 1.165) is 6.08 Å². The summed E-state index contributed by atoms with van der Waals surface area (Å²) in [6, 6.07) is 0. The molecule has 0 saturated carbocycles. The van der Waals surface area contributed by atoms with E-state index in [1.54, 1.807) is 0 Å². The van der Waals surface area contributed by atoms with E-state index in [1.165, 1.54) is 0 Å². The number of amides is 1. The van der Waals surface area contributed by atoms with Gasteiger partial charge in [0.25, 0.3) is 0 Å². The molecular weight excluding hydrogens is 272 g/mol. The van der Waals surface area contributed by atoms with Gasteiger partial charge in [0.05, 0.1) is 0 Å². The minimum absolute atomic E-state index is 0.315. The predicted molar refractivity (Wildman–Crippen MR) is 58.0 cm³/mol. The maximum absolute atomic E-state index is 11.5. The van der Waals surface area contributed by atoms with Crippen LogP contribution in [0.1, 0.15) is 12.8 Å². The second-order valence-corrected chi connectivity index (χ2v) is 7.66. The fraction of sp³-hybridized carbons (Fsp3) is 0.571. The Morgan fingerprint density at radius 3 is 2.12 bits per heavy atom. The third kappa shape index (κ3) is 2.12. The number of hydrogen-bond donors (Lipinski definition) is 4. The Labute approximate surface area is 97.3 Å². The zero-order chi connectivity index (χ0) is 13.5. The molecule has 1 aliphatic rings. The summed E-state index contributed by atoms with van der Waals surface area (Å²) in [6.45, 7) is 2.96. The van der Waals surface area contributed by atoms with Gasteiger partial charge in [-0.05, 0) is 0 Å². The van der Waals surface area contributed by atoms with Gasteiger partial charge >= 0.3 is 15.2 Å². The van der Waals surface area contributed by atoms with Crippen LogP contribution < -0.4 is 0 Å². The van der Waals surface area contributed by atoms with Crippen LogP contribution in [-0.2, 0) is 13.9 Å². The van der Waals surface area contributed by atoms with Gasteiger partial charge in [-0.1, -0.05) is 6.08 Å². The first-order valence-corrected chi connectivity index (χ1v) is 7.83. The first-order valence-electron chi connectivity index (χ1n) is 4.60. The minimum Gasteiger partial charge on any atom is -0.322 e. The fourth-order valence-corrected chi connectivity index (χ4v) is 5.08. The molecule has 1 fully saturated rings. The number of hydrogen-bond acceptors (Lipinski definition) is 3. The second-order valence-electron chi connectivity index (χ2n) is 3.66. The molecular formula is C7H13NO7P2. The van der Waals surface area contributed by atoms with Crippen molar-refractivity contribution in [3.63, 3.8) is 0 Å². The van der Waals surface area contributed by atoms with Crippen LogP contribution in [0.25, 0.3) is 0 Å². The maximum atomic E-state index is 11.5. The molecule has 0 aromatic heterocycles. The zero-order valence-corrected chi connectivity index (χ0v) is 10.5. The van der Waals surface area contributed by atoms with Gasteiger partial charge in [0.1, 0.15) is 0 Å². The fourth-order valence-electron chi connectivity index (χ4n) is 1.90. The van der Waals surface area contributed by atoms with Gasteiger partial charge in [0.15, 0.2) is 0 Å². The van der Waals surface area contributed by atoms with Crippen molar-refractivity contribution in [3.8, 4) is 0 Å². The van der Waals surface area contributed by atoms with Crippen molar-refractivity contribution in [2.45, 2.75) is 17.9 Å². The number of rotatable bonds is 4. The number of carbonyl (C=O) groups is 1. The van der Waals surface area contributed by atoms with Crippen LogP contribution in [0.5, 0.6) is 0 Å². The maximum Gasteiger partial charge on any atom is 0.363 e. The van der Waals surface area contributed by atoms with Gasteiger partial charge in [-0.25, -0.2) is 0 Å². The van der Waals surface area contributed by atoms with E-state index in [4.69, 9.17) is 0 Å². The summed E-state index contributed by atoms with van der Waals surface area (Å²) in [5.41, 5.74) is 0. The molecule has 0 radical (unpaired) electrons. The molecule has 0 spiro atoms. The van der Waals surface area contributed by atoms with Crippen molar-refractivity contribution < 1.29 is 33.5 Å². The summed E-state index contributed by atoms with van der Waals surface area (Å²) >= 11 is 0. The third-order valence-corrected chi connectivity index (χ3v) is 7.01. The largest absolute Gasteiger partial charge is 0.363 e. The topological polar surface area (TPSA) is 135 Å². The SMILES string of the molecule is C=CCN1C(=O)CCC1(P(=O)(O)O)P(=O)(O)O. The van der Waals surface area contributed by atoms with Crippen LogP contribution in [0.15, 0.2) is 12.7 Å². The Kier molecular flexibility index (Phi) is 3.70. The predicted octanol–water partition coefficient (Wildman–Crippen LogP) is -0.196. The normalized spacial score (nSPS) is 20.7. The van der Waals surface area contributed by atoms with Crippen LogP contribution in [0.3, 0.4) is 0 Å². The molecule has 0 aliphatic carbocycles. The molecule has 1 rings (SSSR count). The second kappa shape index (κ2) is 4.31. The summed E-state index contributed by atoms with van der Waals surface area (Å²) < 4.78 is 22.8. The van der Waals surface area contributed by atoms with Gasteiger partial charge in [0.2, 0.25) is 10.9 Å². The van der Waals surface area contributed by atoms with Crippen molar-refractivity contribution in [1.29, 1.82) is 0 Å². The Bertz CT molecular complexity index is 414. The van der Waals surface area contributed by atoms with Gasteiger partial charge in [-0.15, -0.1) is 6.58 Å². The third-order valence-electron chi connectivity index (χ3n) is 2.65. The molecule has 1 amide bonds. The molecule has 0 aromatic carbocycles. The van der Waals surface area contributed by atoms with Crippen LogP contribution in [0.4, 0.5) is 0 Å². The Balaban J connectivity index is 3.44. The molecule has 98 valence electrons. The van der Waals surface area contributed by atoms with Crippen LogP contribution in [-0.4, -0.2) is 41.9 Å². The molecule has 0 bridgehead atoms. The molecule has 0 unspecified atom stereocenters. The quantitative estimate of drug-likeness (QED) is 0.415.